The third-order valence-electron chi connectivity index (χ3n) is 4.96. The van der Waals surface area contributed by atoms with Gasteiger partial charge >= 0.3 is 0 Å². The molecule has 160 valence electrons. The summed E-state index contributed by atoms with van der Waals surface area (Å²) in [5.41, 5.74) is 2.28. The van der Waals surface area contributed by atoms with Crippen LogP contribution in [-0.2, 0) is 9.59 Å². The predicted molar refractivity (Wildman–Crippen MR) is 114 cm³/mol. The molecule has 2 aromatic rings. The number of benzene rings is 2. The lowest BCUT2D eigenvalue weighted by atomic mass is 10.2. The normalized spacial score (nSPS) is 14.9. The van der Waals surface area contributed by atoms with Gasteiger partial charge in [-0.1, -0.05) is 6.07 Å². The standard InChI is InChI=1S/C22H27FN4O3/c1-16-3-8-20(30-2)19(13-16)25-22(29)15-27-11-9-26(10-12-27)14-21(28)24-18-6-4-17(23)5-7-18/h3-8,13H,9-12,14-15H2,1-2H3,(H,24,28)(H,25,29). The zero-order chi connectivity index (χ0) is 21.5. The highest BCUT2D eigenvalue weighted by Gasteiger charge is 2.21. The van der Waals surface area contributed by atoms with E-state index in [-0.39, 0.29) is 30.7 Å². The van der Waals surface area contributed by atoms with Crippen molar-refractivity contribution in [1.82, 2.24) is 9.80 Å². The topological polar surface area (TPSA) is 73.9 Å². The summed E-state index contributed by atoms with van der Waals surface area (Å²) in [5.74, 6) is 0.0562. The number of nitrogens with zero attached hydrogens (tertiary/aromatic N) is 2. The van der Waals surface area contributed by atoms with Crippen LogP contribution in [0.4, 0.5) is 15.8 Å². The molecule has 2 amide bonds. The third-order valence-corrected chi connectivity index (χ3v) is 4.96. The summed E-state index contributed by atoms with van der Waals surface area (Å²) < 4.78 is 18.2. The summed E-state index contributed by atoms with van der Waals surface area (Å²) in [7, 11) is 1.58. The predicted octanol–water partition coefficient (Wildman–Crippen LogP) is 2.34. The number of anilines is 2. The van der Waals surface area contributed by atoms with E-state index in [2.05, 4.69) is 15.5 Å². The summed E-state index contributed by atoms with van der Waals surface area (Å²) in [6.07, 6.45) is 0. The van der Waals surface area contributed by atoms with Crippen molar-refractivity contribution in [1.29, 1.82) is 0 Å². The highest BCUT2D eigenvalue weighted by atomic mass is 19.1. The minimum absolute atomic E-state index is 0.0959. The molecule has 3 rings (SSSR count). The van der Waals surface area contributed by atoms with E-state index in [1.807, 2.05) is 30.0 Å². The van der Waals surface area contributed by atoms with E-state index in [1.165, 1.54) is 24.3 Å². The van der Waals surface area contributed by atoms with Crippen LogP contribution in [0.5, 0.6) is 5.75 Å². The highest BCUT2D eigenvalue weighted by Crippen LogP contribution is 2.25. The zero-order valence-electron chi connectivity index (χ0n) is 17.3. The number of hydrogen-bond donors (Lipinski definition) is 2. The minimum atomic E-state index is -0.339. The number of halogens is 1. The molecule has 2 N–H and O–H groups in total. The number of rotatable bonds is 7. The molecule has 30 heavy (non-hydrogen) atoms. The van der Waals surface area contributed by atoms with Crippen LogP contribution in [0.1, 0.15) is 5.56 Å². The van der Waals surface area contributed by atoms with Crippen molar-refractivity contribution in [3.63, 3.8) is 0 Å². The number of nitrogens with one attached hydrogen (secondary N) is 2. The van der Waals surface area contributed by atoms with Crippen molar-refractivity contribution >= 4 is 23.2 Å². The summed E-state index contributed by atoms with van der Waals surface area (Å²) >= 11 is 0. The average molecular weight is 414 g/mol. The van der Waals surface area contributed by atoms with Gasteiger partial charge in [0.1, 0.15) is 11.6 Å². The molecule has 0 aromatic heterocycles. The molecule has 1 saturated heterocycles. The first kappa shape index (κ1) is 21.7. The quantitative estimate of drug-likeness (QED) is 0.728. The Balaban J connectivity index is 1.42. The lowest BCUT2D eigenvalue weighted by Gasteiger charge is -2.33. The number of methoxy groups -OCH3 is 1. The molecule has 1 fully saturated rings. The summed E-state index contributed by atoms with van der Waals surface area (Å²) in [4.78, 5) is 28.7. The molecule has 2 aromatic carbocycles. The first-order valence-corrected chi connectivity index (χ1v) is 9.87. The fourth-order valence-electron chi connectivity index (χ4n) is 3.35. The van der Waals surface area contributed by atoms with Crippen molar-refractivity contribution in [3.8, 4) is 5.75 Å². The maximum atomic E-state index is 12.9. The Hall–Kier alpha value is -2.97. The van der Waals surface area contributed by atoms with Gasteiger partial charge in [0.05, 0.1) is 25.9 Å². The lowest BCUT2D eigenvalue weighted by Crippen LogP contribution is -2.50. The van der Waals surface area contributed by atoms with Gasteiger partial charge in [0, 0.05) is 31.9 Å². The van der Waals surface area contributed by atoms with E-state index in [4.69, 9.17) is 4.74 Å². The maximum Gasteiger partial charge on any atom is 0.238 e. The molecule has 0 radical (unpaired) electrons. The molecule has 0 atom stereocenters. The molecule has 1 aliphatic heterocycles. The van der Waals surface area contributed by atoms with Gasteiger partial charge in [0.15, 0.2) is 0 Å². The Morgan fingerprint density at radius 2 is 1.50 bits per heavy atom. The number of hydrogen-bond acceptors (Lipinski definition) is 5. The van der Waals surface area contributed by atoms with Gasteiger partial charge in [-0.15, -0.1) is 0 Å². The number of aryl methyl sites for hydroxylation is 1. The summed E-state index contributed by atoms with van der Waals surface area (Å²) in [5, 5.41) is 5.68. The van der Waals surface area contributed by atoms with E-state index in [0.29, 0.717) is 43.3 Å². The largest absolute Gasteiger partial charge is 0.495 e. The van der Waals surface area contributed by atoms with Gasteiger partial charge in [0.2, 0.25) is 11.8 Å². The van der Waals surface area contributed by atoms with Crippen LogP contribution in [0.25, 0.3) is 0 Å². The van der Waals surface area contributed by atoms with E-state index < -0.39 is 0 Å². The molecule has 1 aliphatic rings. The van der Waals surface area contributed by atoms with Crippen LogP contribution in [0, 0.1) is 12.7 Å². The van der Waals surface area contributed by atoms with Crippen LogP contribution in [0.15, 0.2) is 42.5 Å². The summed E-state index contributed by atoms with van der Waals surface area (Å²) in [6.45, 7) is 5.28. The second-order valence-electron chi connectivity index (χ2n) is 7.36. The van der Waals surface area contributed by atoms with Crippen LogP contribution in [0.3, 0.4) is 0 Å². The van der Waals surface area contributed by atoms with Gasteiger partial charge in [0.25, 0.3) is 0 Å². The number of carbonyl (C=O) groups excluding carboxylic acids is 2. The van der Waals surface area contributed by atoms with E-state index >= 15 is 0 Å². The fraction of sp³-hybridized carbons (Fsp3) is 0.364. The van der Waals surface area contributed by atoms with E-state index in [9.17, 15) is 14.0 Å². The molecule has 8 heteroatoms. The Kier molecular flexibility index (Phi) is 7.37. The van der Waals surface area contributed by atoms with Crippen LogP contribution < -0.4 is 15.4 Å². The minimum Gasteiger partial charge on any atom is -0.495 e. The second-order valence-corrected chi connectivity index (χ2v) is 7.36. The SMILES string of the molecule is COc1ccc(C)cc1NC(=O)CN1CCN(CC(=O)Nc2ccc(F)cc2)CC1. The van der Waals surface area contributed by atoms with E-state index in [0.717, 1.165) is 5.56 Å². The first-order valence-electron chi connectivity index (χ1n) is 9.87. The molecule has 0 unspecified atom stereocenters. The van der Waals surface area contributed by atoms with Crippen LogP contribution in [0.2, 0.25) is 0 Å². The van der Waals surface area contributed by atoms with Gasteiger partial charge in [-0.25, -0.2) is 4.39 Å². The second kappa shape index (κ2) is 10.2. The van der Waals surface area contributed by atoms with Gasteiger partial charge in [-0.2, -0.15) is 0 Å². The maximum absolute atomic E-state index is 12.9. The van der Waals surface area contributed by atoms with Gasteiger partial charge in [-0.3, -0.25) is 19.4 Å². The zero-order valence-corrected chi connectivity index (χ0v) is 17.3. The molecule has 7 nitrogen and oxygen atoms in total. The molecular weight excluding hydrogens is 387 g/mol. The number of piperazine rings is 1. The van der Waals surface area contributed by atoms with Crippen molar-refractivity contribution in [2.45, 2.75) is 6.92 Å². The van der Waals surface area contributed by atoms with Crippen LogP contribution >= 0.6 is 0 Å². The van der Waals surface area contributed by atoms with Crippen molar-refractivity contribution in [2.75, 3.05) is 57.0 Å². The van der Waals surface area contributed by atoms with Crippen molar-refractivity contribution < 1.29 is 18.7 Å². The number of carbonyl (C=O) groups is 2. The highest BCUT2D eigenvalue weighted by molar-refractivity contribution is 5.94. The molecular formula is C22H27FN4O3. The Bertz CT molecular complexity index is 880. The monoisotopic (exact) mass is 414 g/mol. The molecule has 0 aliphatic carbocycles. The summed E-state index contributed by atoms with van der Waals surface area (Å²) in [6, 6.07) is 11.3. The first-order chi connectivity index (χ1) is 14.4. The fourth-order valence-corrected chi connectivity index (χ4v) is 3.35. The smallest absolute Gasteiger partial charge is 0.238 e. The molecule has 1 heterocycles. The Labute approximate surface area is 175 Å². The third kappa shape index (κ3) is 6.27. The van der Waals surface area contributed by atoms with Crippen molar-refractivity contribution in [3.05, 3.63) is 53.8 Å². The Morgan fingerprint density at radius 3 is 2.07 bits per heavy atom. The van der Waals surface area contributed by atoms with Gasteiger partial charge in [-0.05, 0) is 48.9 Å². The molecule has 0 spiro atoms. The van der Waals surface area contributed by atoms with E-state index in [1.54, 1.807) is 7.11 Å². The molecule has 0 bridgehead atoms. The Morgan fingerprint density at radius 1 is 0.933 bits per heavy atom. The average Bonchev–Trinajstić information content (AvgIpc) is 2.71. The van der Waals surface area contributed by atoms with Gasteiger partial charge < -0.3 is 15.4 Å². The van der Waals surface area contributed by atoms with Crippen molar-refractivity contribution in [2.24, 2.45) is 0 Å². The lowest BCUT2D eigenvalue weighted by molar-refractivity contribution is -0.120. The number of amides is 2. The van der Waals surface area contributed by atoms with Crippen LogP contribution in [-0.4, -0.2) is 68.0 Å². The molecule has 0 saturated carbocycles. The number of ether oxygens (including phenoxy) is 1.